The molecule has 7 aromatic rings. The summed E-state index contributed by atoms with van der Waals surface area (Å²) in [5.41, 5.74) is 12.5. The minimum atomic E-state index is -0.422. The number of aryl methyl sites for hydroxylation is 6. The fraction of sp³-hybridized carbons (Fsp3) is 0.411. The zero-order valence-electron chi connectivity index (χ0n) is 42.4. The van der Waals surface area contributed by atoms with Crippen molar-refractivity contribution in [3.05, 3.63) is 122 Å². The molecule has 0 bridgehead atoms. The number of ether oxygens (including phenoxy) is 2. The highest BCUT2D eigenvalue weighted by atomic mass is 35.5. The molecule has 4 aromatic heterocycles. The first-order valence-corrected chi connectivity index (χ1v) is 25.6. The van der Waals surface area contributed by atoms with Crippen LogP contribution in [0, 0.1) is 34.6 Å². The summed E-state index contributed by atoms with van der Waals surface area (Å²) in [6.45, 7) is 19.9. The van der Waals surface area contributed by atoms with E-state index in [-0.39, 0.29) is 24.4 Å². The number of rotatable bonds is 15. The monoisotopic (exact) mass is 998 g/mol. The van der Waals surface area contributed by atoms with Crippen LogP contribution < -0.4 is 14.5 Å². The lowest BCUT2D eigenvalue weighted by atomic mass is 9.98. The molecule has 6 heterocycles. The number of hydrogen-bond donors (Lipinski definition) is 0. The van der Waals surface area contributed by atoms with Crippen molar-refractivity contribution in [2.45, 2.75) is 100 Å². The number of amides is 2. The molecule has 0 aliphatic carbocycles. The number of carbonyl (C=O) groups excluding carboxylic acids is 3. The lowest BCUT2D eigenvalue weighted by Gasteiger charge is -2.35. The van der Waals surface area contributed by atoms with Crippen LogP contribution in [0.4, 0.5) is 11.4 Å². The topological polar surface area (TPSA) is 120 Å². The summed E-state index contributed by atoms with van der Waals surface area (Å²) in [4.78, 5) is 53.2. The number of fused-ring (bicyclic) bond motifs is 4. The first kappa shape index (κ1) is 49.7. The van der Waals surface area contributed by atoms with Crippen molar-refractivity contribution in [1.82, 2.24) is 28.8 Å². The first-order chi connectivity index (χ1) is 34.1. The highest BCUT2D eigenvalue weighted by molar-refractivity contribution is 6.35. The summed E-state index contributed by atoms with van der Waals surface area (Å²) in [7, 11) is 1.94. The van der Waals surface area contributed by atoms with Crippen molar-refractivity contribution in [2.24, 2.45) is 7.05 Å². The number of nitrogens with zero attached hydrogens (tertiary/aromatic N) is 8. The molecule has 372 valence electrons. The lowest BCUT2D eigenvalue weighted by molar-refractivity contribution is -0.129. The van der Waals surface area contributed by atoms with Crippen LogP contribution in [0.15, 0.2) is 60.8 Å². The van der Waals surface area contributed by atoms with Crippen molar-refractivity contribution in [3.63, 3.8) is 0 Å². The van der Waals surface area contributed by atoms with E-state index in [2.05, 4.69) is 54.5 Å². The van der Waals surface area contributed by atoms with Crippen LogP contribution in [0.5, 0.6) is 5.75 Å². The van der Waals surface area contributed by atoms with Crippen molar-refractivity contribution < 1.29 is 23.9 Å². The second kappa shape index (κ2) is 20.4. The molecular weight excluding hydrogens is 936 g/mol. The van der Waals surface area contributed by atoms with Crippen molar-refractivity contribution >= 4 is 74.2 Å². The zero-order chi connectivity index (χ0) is 50.4. The predicted molar refractivity (Wildman–Crippen MR) is 284 cm³/mol. The average Bonchev–Trinajstić information content (AvgIpc) is 3.96. The number of carbonyl (C=O) groups is 3. The number of hydrogen-bond acceptors (Lipinski definition) is 8. The number of benzene rings is 3. The third-order valence-corrected chi connectivity index (χ3v) is 15.3. The largest absolute Gasteiger partial charge is 0.494 e. The van der Waals surface area contributed by atoms with E-state index in [0.29, 0.717) is 80.9 Å². The molecule has 1 fully saturated rings. The molecule has 2 aliphatic heterocycles. The lowest BCUT2D eigenvalue weighted by Crippen LogP contribution is -2.48. The Balaban J connectivity index is 1.16. The molecule has 3 aromatic carbocycles. The van der Waals surface area contributed by atoms with Gasteiger partial charge in [-0.1, -0.05) is 49.0 Å². The average molecular weight is 1000 g/mol. The maximum absolute atomic E-state index is 15.9. The smallest absolute Gasteiger partial charge is 0.354 e. The van der Waals surface area contributed by atoms with Gasteiger partial charge in [0.25, 0.3) is 5.91 Å². The molecule has 9 rings (SSSR count). The SMILES string of the molecule is CCCCCOC(=O)c1cc2cc(C)cc(N3C[C@@H](C)n4c(c(CCCOc5cc(C)c(Cl)c(C)c5)c5ccc(Cl)c(-c6c(C)nn(C)c6C)c54)C3=O)c2n1Cc1cc(N2CCN(C(C)=O)CC2)ccn1. The Morgan fingerprint density at radius 1 is 0.859 bits per heavy atom. The number of halogens is 2. The molecule has 13 nitrogen and oxygen atoms in total. The Kier molecular flexibility index (Phi) is 14.3. The molecule has 0 unspecified atom stereocenters. The van der Waals surface area contributed by atoms with Crippen LogP contribution in [0.2, 0.25) is 10.0 Å². The van der Waals surface area contributed by atoms with E-state index in [4.69, 9.17) is 42.8 Å². The second-order valence-electron chi connectivity index (χ2n) is 19.5. The van der Waals surface area contributed by atoms with E-state index < -0.39 is 5.97 Å². The molecule has 0 spiro atoms. The number of piperazine rings is 1. The number of esters is 1. The summed E-state index contributed by atoms with van der Waals surface area (Å²) in [6, 6.07) is 17.8. The summed E-state index contributed by atoms with van der Waals surface area (Å²) in [6.07, 6.45) is 5.72. The fourth-order valence-electron chi connectivity index (χ4n) is 10.8. The predicted octanol–water partition coefficient (Wildman–Crippen LogP) is 11.5. The van der Waals surface area contributed by atoms with Crippen LogP contribution in [0.1, 0.15) is 113 Å². The number of pyridine rings is 1. The van der Waals surface area contributed by atoms with Crippen molar-refractivity contribution in [1.29, 1.82) is 0 Å². The second-order valence-corrected chi connectivity index (χ2v) is 20.2. The molecule has 2 amide bonds. The zero-order valence-corrected chi connectivity index (χ0v) is 43.9. The molecule has 0 N–H and O–H groups in total. The molecule has 0 radical (unpaired) electrons. The van der Waals surface area contributed by atoms with Gasteiger partial charge in [0.15, 0.2) is 0 Å². The minimum absolute atomic E-state index is 0.0768. The summed E-state index contributed by atoms with van der Waals surface area (Å²) < 4.78 is 18.4. The Labute approximate surface area is 426 Å². The highest BCUT2D eigenvalue weighted by Gasteiger charge is 2.38. The fourth-order valence-corrected chi connectivity index (χ4v) is 11.2. The first-order valence-electron chi connectivity index (χ1n) is 24.9. The summed E-state index contributed by atoms with van der Waals surface area (Å²) in [5, 5.41) is 7.90. The van der Waals surface area contributed by atoms with Gasteiger partial charge in [-0.25, -0.2) is 4.79 Å². The Hall–Kier alpha value is -6.31. The van der Waals surface area contributed by atoms with E-state index in [0.717, 1.165) is 108 Å². The van der Waals surface area contributed by atoms with Gasteiger partial charge in [0, 0.05) is 97.2 Å². The number of anilines is 2. The van der Waals surface area contributed by atoms with Crippen LogP contribution in [0.25, 0.3) is 32.9 Å². The summed E-state index contributed by atoms with van der Waals surface area (Å²) >= 11 is 13.8. The van der Waals surface area contributed by atoms with Gasteiger partial charge >= 0.3 is 5.97 Å². The minimum Gasteiger partial charge on any atom is -0.494 e. The highest BCUT2D eigenvalue weighted by Crippen LogP contribution is 2.46. The van der Waals surface area contributed by atoms with Crippen LogP contribution in [-0.2, 0) is 29.5 Å². The third kappa shape index (κ3) is 9.50. The van der Waals surface area contributed by atoms with E-state index in [1.807, 2.05) is 84.1 Å². The van der Waals surface area contributed by atoms with Crippen LogP contribution in [-0.4, -0.2) is 92.5 Å². The van der Waals surface area contributed by atoms with Gasteiger partial charge < -0.3 is 33.3 Å². The van der Waals surface area contributed by atoms with E-state index >= 15 is 4.79 Å². The Morgan fingerprint density at radius 3 is 2.30 bits per heavy atom. The molecular formula is C56H64Cl2N8O5. The van der Waals surface area contributed by atoms with Gasteiger partial charge in [-0.15, -0.1) is 0 Å². The van der Waals surface area contributed by atoms with Gasteiger partial charge in [-0.3, -0.25) is 19.3 Å². The summed E-state index contributed by atoms with van der Waals surface area (Å²) in [5.74, 6) is 0.266. The molecule has 0 saturated carbocycles. The molecule has 71 heavy (non-hydrogen) atoms. The Bertz CT molecular complexity index is 3190. The van der Waals surface area contributed by atoms with Crippen molar-refractivity contribution in [2.75, 3.05) is 55.7 Å². The van der Waals surface area contributed by atoms with Gasteiger partial charge in [-0.2, -0.15) is 5.10 Å². The number of unbranched alkanes of at least 4 members (excludes halogenated alkanes) is 2. The molecule has 1 atom stereocenters. The standard InChI is InChI=1S/C56H64Cl2N8O5/c1-10-11-12-23-71-56(69)48-29-40-25-33(2)26-47(52(40)64(48)32-41-30-42(17-18-59-41)63-21-19-62(20-22-63)39(8)67)65-31-36(5)66-53-45(15-16-46(57)50(53)49-37(6)60-61(9)38(49)7)44(54(66)55(65)68)14-13-24-70-43-27-34(3)51(58)35(4)28-43/h15-18,25-30,36H,10-14,19-24,31-32H2,1-9H3/t36-/m1/s1. The van der Waals surface area contributed by atoms with Gasteiger partial charge in [0.05, 0.1) is 52.9 Å². The van der Waals surface area contributed by atoms with Crippen molar-refractivity contribution in [3.8, 4) is 16.9 Å². The Morgan fingerprint density at radius 2 is 1.61 bits per heavy atom. The normalized spacial score (nSPS) is 15.1. The quantitative estimate of drug-likeness (QED) is 0.0736. The van der Waals surface area contributed by atoms with E-state index in [1.54, 1.807) is 13.1 Å². The van der Waals surface area contributed by atoms with Gasteiger partial charge in [-0.05, 0) is 132 Å². The maximum atomic E-state index is 15.9. The molecule has 2 aliphatic rings. The van der Waals surface area contributed by atoms with Crippen LogP contribution in [0.3, 0.4) is 0 Å². The maximum Gasteiger partial charge on any atom is 0.354 e. The van der Waals surface area contributed by atoms with E-state index in [1.165, 1.54) is 0 Å². The van der Waals surface area contributed by atoms with Gasteiger partial charge in [0.1, 0.15) is 17.1 Å². The molecule has 15 heteroatoms. The van der Waals surface area contributed by atoms with Gasteiger partial charge in [0.2, 0.25) is 5.91 Å². The molecule has 1 saturated heterocycles. The van der Waals surface area contributed by atoms with E-state index in [9.17, 15) is 9.59 Å². The van der Waals surface area contributed by atoms with Crippen LogP contribution >= 0.6 is 23.2 Å². The number of aromatic nitrogens is 5. The third-order valence-electron chi connectivity index (χ3n) is 14.4.